The summed E-state index contributed by atoms with van der Waals surface area (Å²) in [7, 11) is 0. The van der Waals surface area contributed by atoms with Gasteiger partial charge in [-0.05, 0) is 13.3 Å². The summed E-state index contributed by atoms with van der Waals surface area (Å²) < 4.78 is 0. The Kier molecular flexibility index (Phi) is 9.09. The number of rotatable bonds is 11. The van der Waals surface area contributed by atoms with Crippen LogP contribution < -0.4 is 22.1 Å². The van der Waals surface area contributed by atoms with Crippen molar-refractivity contribution in [2.45, 2.75) is 50.4 Å². The van der Waals surface area contributed by atoms with Gasteiger partial charge in [0.15, 0.2) is 6.04 Å². The summed E-state index contributed by atoms with van der Waals surface area (Å²) in [5, 5.41) is 31.1. The normalized spacial score (nSPS) is 15.3. The molecule has 142 valence electrons. The first-order valence-corrected chi connectivity index (χ1v) is 7.23. The van der Waals surface area contributed by atoms with Crippen LogP contribution in [0.1, 0.15) is 26.2 Å². The van der Waals surface area contributed by atoms with Gasteiger partial charge in [-0.3, -0.25) is 19.2 Å². The van der Waals surface area contributed by atoms with Crippen LogP contribution in [0.25, 0.3) is 0 Å². The third-order valence-electron chi connectivity index (χ3n) is 3.08. The Morgan fingerprint density at radius 1 is 1.04 bits per heavy atom. The van der Waals surface area contributed by atoms with E-state index in [1.807, 2.05) is 5.32 Å². The Hall–Kier alpha value is -2.73. The van der Waals surface area contributed by atoms with Crippen LogP contribution in [-0.4, -0.2) is 69.2 Å². The molecule has 0 saturated carbocycles. The summed E-state index contributed by atoms with van der Waals surface area (Å²) in [4.78, 5) is 56.4. The first-order chi connectivity index (χ1) is 11.5. The number of carboxylic acid groups (broad SMARTS) is 2. The average molecular weight is 362 g/mol. The van der Waals surface area contributed by atoms with Crippen molar-refractivity contribution in [3.8, 4) is 0 Å². The number of aliphatic carboxylic acids is 2. The van der Waals surface area contributed by atoms with Crippen LogP contribution in [0.2, 0.25) is 0 Å². The van der Waals surface area contributed by atoms with E-state index in [-0.39, 0.29) is 6.42 Å². The number of aliphatic hydroxyl groups is 1. The van der Waals surface area contributed by atoms with E-state index in [0.29, 0.717) is 0 Å². The van der Waals surface area contributed by atoms with E-state index in [9.17, 15) is 29.1 Å². The van der Waals surface area contributed by atoms with Gasteiger partial charge in [-0.1, -0.05) is 0 Å². The minimum atomic E-state index is -1.66. The lowest BCUT2D eigenvalue weighted by Crippen LogP contribution is -2.56. The van der Waals surface area contributed by atoms with Crippen molar-refractivity contribution in [3.63, 3.8) is 0 Å². The van der Waals surface area contributed by atoms with Crippen LogP contribution in [0.4, 0.5) is 0 Å². The zero-order valence-corrected chi connectivity index (χ0v) is 13.5. The molecular weight excluding hydrogens is 340 g/mol. The number of nitrogens with one attached hydrogen (secondary N) is 2. The molecule has 0 aliphatic heterocycles. The molecule has 3 amide bonds. The van der Waals surface area contributed by atoms with Crippen molar-refractivity contribution >= 4 is 29.7 Å². The van der Waals surface area contributed by atoms with Gasteiger partial charge >= 0.3 is 11.9 Å². The molecule has 0 aliphatic rings. The predicted octanol–water partition coefficient (Wildman–Crippen LogP) is -3.51. The molecule has 0 rings (SSSR count). The van der Waals surface area contributed by atoms with E-state index < -0.39 is 66.7 Å². The SMILES string of the molecule is C[C@@H](O)[C@H](NC(=O)[C@H](CCC(=O)O)NC(=O)[C@@H](N)CC(N)=O)C(=O)O. The minimum absolute atomic E-state index is 0.359. The Morgan fingerprint density at radius 3 is 2.00 bits per heavy atom. The lowest BCUT2D eigenvalue weighted by molar-refractivity contribution is -0.145. The number of amides is 3. The van der Waals surface area contributed by atoms with Gasteiger partial charge in [0.25, 0.3) is 0 Å². The Balaban J connectivity index is 5.10. The largest absolute Gasteiger partial charge is 0.481 e. The first-order valence-electron chi connectivity index (χ1n) is 7.23. The molecule has 0 radical (unpaired) electrons. The van der Waals surface area contributed by atoms with Crippen molar-refractivity contribution in [1.82, 2.24) is 10.6 Å². The van der Waals surface area contributed by atoms with Gasteiger partial charge in [0.05, 0.1) is 18.6 Å². The standard InChI is InChI=1S/C13H22N4O8/c1-5(18)10(13(24)25)17-12(23)7(2-3-9(20)21)16-11(22)6(14)4-8(15)19/h5-7,10,18H,2-4,14H2,1H3,(H2,15,19)(H,16,22)(H,17,23)(H,20,21)(H,24,25)/t5-,6+,7+,10+/m1/s1. The average Bonchev–Trinajstić information content (AvgIpc) is 2.46. The molecule has 25 heavy (non-hydrogen) atoms. The quantitative estimate of drug-likeness (QED) is 0.193. The second kappa shape index (κ2) is 10.2. The Morgan fingerprint density at radius 2 is 1.60 bits per heavy atom. The molecule has 0 aromatic carbocycles. The highest BCUT2D eigenvalue weighted by atomic mass is 16.4. The highest BCUT2D eigenvalue weighted by Crippen LogP contribution is 2.02. The van der Waals surface area contributed by atoms with Gasteiger partial charge < -0.3 is 37.4 Å². The summed E-state index contributed by atoms with van der Waals surface area (Å²) >= 11 is 0. The summed E-state index contributed by atoms with van der Waals surface area (Å²) in [6.45, 7) is 1.13. The summed E-state index contributed by atoms with van der Waals surface area (Å²) in [6, 6.07) is -4.44. The molecule has 0 heterocycles. The van der Waals surface area contributed by atoms with Crippen molar-refractivity contribution in [2.75, 3.05) is 0 Å². The summed E-state index contributed by atoms with van der Waals surface area (Å²) in [5.41, 5.74) is 10.3. The van der Waals surface area contributed by atoms with Crippen LogP contribution >= 0.6 is 0 Å². The number of carbonyl (C=O) groups is 5. The fourth-order valence-electron chi connectivity index (χ4n) is 1.77. The third-order valence-corrected chi connectivity index (χ3v) is 3.08. The molecule has 0 bridgehead atoms. The van der Waals surface area contributed by atoms with Crippen molar-refractivity contribution in [1.29, 1.82) is 0 Å². The molecule has 9 N–H and O–H groups in total. The number of carbonyl (C=O) groups excluding carboxylic acids is 3. The van der Waals surface area contributed by atoms with Crippen molar-refractivity contribution in [2.24, 2.45) is 11.5 Å². The van der Waals surface area contributed by atoms with E-state index in [2.05, 4.69) is 5.32 Å². The van der Waals surface area contributed by atoms with Gasteiger partial charge in [0.1, 0.15) is 6.04 Å². The fraction of sp³-hybridized carbons (Fsp3) is 0.615. The maximum Gasteiger partial charge on any atom is 0.328 e. The molecule has 0 saturated heterocycles. The number of aliphatic hydroxyl groups excluding tert-OH is 1. The van der Waals surface area contributed by atoms with Crippen LogP contribution in [0.3, 0.4) is 0 Å². The minimum Gasteiger partial charge on any atom is -0.481 e. The monoisotopic (exact) mass is 362 g/mol. The second-order valence-electron chi connectivity index (χ2n) is 5.34. The van der Waals surface area contributed by atoms with E-state index in [1.165, 1.54) is 0 Å². The van der Waals surface area contributed by atoms with Crippen LogP contribution in [0.15, 0.2) is 0 Å². The van der Waals surface area contributed by atoms with E-state index in [1.54, 1.807) is 0 Å². The molecule has 0 unspecified atom stereocenters. The lowest BCUT2D eigenvalue weighted by Gasteiger charge is -2.23. The molecule has 0 spiro atoms. The highest BCUT2D eigenvalue weighted by Gasteiger charge is 2.30. The predicted molar refractivity (Wildman–Crippen MR) is 81.8 cm³/mol. The van der Waals surface area contributed by atoms with Crippen molar-refractivity contribution in [3.05, 3.63) is 0 Å². The Bertz CT molecular complexity index is 536. The number of nitrogens with two attached hydrogens (primary N) is 2. The van der Waals surface area contributed by atoms with Crippen LogP contribution in [0.5, 0.6) is 0 Å². The number of hydrogen-bond acceptors (Lipinski definition) is 7. The highest BCUT2D eigenvalue weighted by molar-refractivity contribution is 5.93. The molecular formula is C13H22N4O8. The lowest BCUT2D eigenvalue weighted by atomic mass is 10.1. The van der Waals surface area contributed by atoms with Gasteiger partial charge in [-0.2, -0.15) is 0 Å². The van der Waals surface area contributed by atoms with Gasteiger partial charge in [-0.25, -0.2) is 4.79 Å². The first kappa shape index (κ1) is 22.3. The zero-order chi connectivity index (χ0) is 19.7. The summed E-state index contributed by atoms with van der Waals surface area (Å²) in [6.07, 6.45) is -2.79. The van der Waals surface area contributed by atoms with Crippen molar-refractivity contribution < 1.29 is 39.3 Å². The third kappa shape index (κ3) is 8.62. The molecule has 12 heteroatoms. The maximum absolute atomic E-state index is 12.1. The molecule has 0 aliphatic carbocycles. The van der Waals surface area contributed by atoms with Gasteiger partial charge in [-0.15, -0.1) is 0 Å². The van der Waals surface area contributed by atoms with E-state index >= 15 is 0 Å². The van der Waals surface area contributed by atoms with E-state index in [4.69, 9.17) is 21.7 Å². The van der Waals surface area contributed by atoms with E-state index in [0.717, 1.165) is 6.92 Å². The summed E-state index contributed by atoms with van der Waals surface area (Å²) in [5.74, 6) is -5.58. The molecule has 0 aromatic rings. The second-order valence-corrected chi connectivity index (χ2v) is 5.34. The molecule has 0 fully saturated rings. The topological polar surface area (TPSA) is 222 Å². The molecule has 4 atom stereocenters. The molecule has 12 nitrogen and oxygen atoms in total. The van der Waals surface area contributed by atoms with Crippen LogP contribution in [0, 0.1) is 0 Å². The van der Waals surface area contributed by atoms with Gasteiger partial charge in [0.2, 0.25) is 17.7 Å². The smallest absolute Gasteiger partial charge is 0.328 e. The Labute approximate surface area is 142 Å². The zero-order valence-electron chi connectivity index (χ0n) is 13.5. The number of carboxylic acids is 2. The maximum atomic E-state index is 12.1. The number of primary amides is 1. The van der Waals surface area contributed by atoms with Gasteiger partial charge in [0, 0.05) is 6.42 Å². The fourth-order valence-corrected chi connectivity index (χ4v) is 1.77. The van der Waals surface area contributed by atoms with Crippen LogP contribution in [-0.2, 0) is 24.0 Å². The molecule has 0 aromatic heterocycles. The number of hydrogen-bond donors (Lipinski definition) is 7.